The van der Waals surface area contributed by atoms with E-state index in [1.54, 1.807) is 24.3 Å². The standard InChI is InChI=1S/C21H18N2O7S/c1-2-29-18-12-8-16(9-13-18)22-21(24)15-6-10-19(11-7-15)30-31(27,28)20-5-3-4-17(14-20)23(25)26/h3-14H,2H2,1H3,(H,22,24). The molecular weight excluding hydrogens is 424 g/mol. The van der Waals surface area contributed by atoms with Crippen LogP contribution in [0.5, 0.6) is 11.5 Å². The number of benzene rings is 3. The molecule has 3 rings (SSSR count). The second-order valence-electron chi connectivity index (χ2n) is 6.23. The fourth-order valence-electron chi connectivity index (χ4n) is 2.59. The van der Waals surface area contributed by atoms with Crippen molar-refractivity contribution < 1.29 is 27.1 Å². The summed E-state index contributed by atoms with van der Waals surface area (Å²) in [5.41, 5.74) is 0.488. The first-order valence-corrected chi connectivity index (χ1v) is 10.5. The monoisotopic (exact) mass is 442 g/mol. The molecule has 0 aliphatic heterocycles. The summed E-state index contributed by atoms with van der Waals surface area (Å²) in [6.07, 6.45) is 0. The normalized spacial score (nSPS) is 10.9. The van der Waals surface area contributed by atoms with E-state index in [9.17, 15) is 23.3 Å². The lowest BCUT2D eigenvalue weighted by atomic mass is 10.2. The van der Waals surface area contributed by atoms with Crippen molar-refractivity contribution in [2.45, 2.75) is 11.8 Å². The smallest absolute Gasteiger partial charge is 0.339 e. The van der Waals surface area contributed by atoms with Crippen LogP contribution in [0.4, 0.5) is 11.4 Å². The Bertz CT molecular complexity index is 1190. The Hall–Kier alpha value is -3.92. The van der Waals surface area contributed by atoms with E-state index in [0.29, 0.717) is 18.0 Å². The number of nitro benzene ring substituents is 1. The summed E-state index contributed by atoms with van der Waals surface area (Å²) in [6, 6.07) is 16.9. The molecule has 0 unspecified atom stereocenters. The summed E-state index contributed by atoms with van der Waals surface area (Å²) in [4.78, 5) is 22.2. The molecule has 0 spiro atoms. The van der Waals surface area contributed by atoms with Gasteiger partial charge in [-0.25, -0.2) is 0 Å². The van der Waals surface area contributed by atoms with Crippen LogP contribution in [0, 0.1) is 10.1 Å². The first-order chi connectivity index (χ1) is 14.8. The van der Waals surface area contributed by atoms with E-state index in [0.717, 1.165) is 6.07 Å². The molecule has 0 saturated carbocycles. The first kappa shape index (κ1) is 21.8. The van der Waals surface area contributed by atoms with Gasteiger partial charge in [-0.05, 0) is 61.5 Å². The molecule has 9 nitrogen and oxygen atoms in total. The zero-order chi connectivity index (χ0) is 22.4. The minimum absolute atomic E-state index is 0.0378. The van der Waals surface area contributed by atoms with Gasteiger partial charge in [0.25, 0.3) is 11.6 Å². The zero-order valence-corrected chi connectivity index (χ0v) is 17.2. The molecule has 10 heteroatoms. The molecule has 1 N–H and O–H groups in total. The minimum atomic E-state index is -4.28. The van der Waals surface area contributed by atoms with Crippen LogP contribution in [0.25, 0.3) is 0 Å². The van der Waals surface area contributed by atoms with E-state index in [1.165, 1.54) is 42.5 Å². The summed E-state index contributed by atoms with van der Waals surface area (Å²) >= 11 is 0. The zero-order valence-electron chi connectivity index (χ0n) is 16.3. The number of carbonyl (C=O) groups excluding carboxylic acids is 1. The van der Waals surface area contributed by atoms with Crippen molar-refractivity contribution in [3.05, 3.63) is 88.5 Å². The van der Waals surface area contributed by atoms with E-state index in [2.05, 4.69) is 5.32 Å². The third-order valence-electron chi connectivity index (χ3n) is 4.06. The molecule has 0 bridgehead atoms. The number of hydrogen-bond donors (Lipinski definition) is 1. The molecule has 0 aliphatic carbocycles. The highest BCUT2D eigenvalue weighted by molar-refractivity contribution is 7.87. The topological polar surface area (TPSA) is 125 Å². The Morgan fingerprint density at radius 2 is 1.65 bits per heavy atom. The highest BCUT2D eigenvalue weighted by Crippen LogP contribution is 2.23. The lowest BCUT2D eigenvalue weighted by Gasteiger charge is -2.09. The summed E-state index contributed by atoms with van der Waals surface area (Å²) in [5, 5.41) is 13.6. The van der Waals surface area contributed by atoms with Gasteiger partial charge in [0.2, 0.25) is 0 Å². The number of anilines is 1. The maximum Gasteiger partial charge on any atom is 0.339 e. The lowest BCUT2D eigenvalue weighted by Crippen LogP contribution is -2.12. The van der Waals surface area contributed by atoms with Gasteiger partial charge in [0.15, 0.2) is 0 Å². The van der Waals surface area contributed by atoms with Crippen LogP contribution in [-0.4, -0.2) is 25.9 Å². The highest BCUT2D eigenvalue weighted by Gasteiger charge is 2.20. The lowest BCUT2D eigenvalue weighted by molar-refractivity contribution is -0.385. The third kappa shape index (κ3) is 5.58. The van der Waals surface area contributed by atoms with Gasteiger partial charge in [-0.2, -0.15) is 8.42 Å². The molecule has 3 aromatic rings. The number of nitro groups is 1. The molecule has 0 fully saturated rings. The van der Waals surface area contributed by atoms with Crippen molar-refractivity contribution in [3.63, 3.8) is 0 Å². The second-order valence-corrected chi connectivity index (χ2v) is 7.77. The number of hydrogen-bond acceptors (Lipinski definition) is 7. The van der Waals surface area contributed by atoms with Crippen LogP contribution in [0.15, 0.2) is 77.7 Å². The molecule has 0 atom stereocenters. The van der Waals surface area contributed by atoms with Gasteiger partial charge in [0, 0.05) is 23.4 Å². The average Bonchev–Trinajstić information content (AvgIpc) is 2.75. The van der Waals surface area contributed by atoms with Crippen molar-refractivity contribution in [2.75, 3.05) is 11.9 Å². The van der Waals surface area contributed by atoms with Gasteiger partial charge < -0.3 is 14.2 Å². The molecule has 0 heterocycles. The Morgan fingerprint density at radius 3 is 2.26 bits per heavy atom. The molecule has 0 aliphatic rings. The van der Waals surface area contributed by atoms with Gasteiger partial charge in [-0.1, -0.05) is 6.07 Å². The summed E-state index contributed by atoms with van der Waals surface area (Å²) < 4.78 is 35.1. The van der Waals surface area contributed by atoms with Crippen LogP contribution >= 0.6 is 0 Å². The Labute approximate surface area is 178 Å². The quantitative estimate of drug-likeness (QED) is 0.317. The van der Waals surface area contributed by atoms with Gasteiger partial charge in [-0.3, -0.25) is 14.9 Å². The van der Waals surface area contributed by atoms with E-state index in [-0.39, 0.29) is 21.9 Å². The Kier molecular flexibility index (Phi) is 6.51. The van der Waals surface area contributed by atoms with Gasteiger partial charge >= 0.3 is 10.1 Å². The second kappa shape index (κ2) is 9.26. The maximum absolute atomic E-state index is 12.4. The van der Waals surface area contributed by atoms with Gasteiger partial charge in [0.05, 0.1) is 11.5 Å². The molecule has 3 aromatic carbocycles. The van der Waals surface area contributed by atoms with Crippen LogP contribution < -0.4 is 14.2 Å². The summed E-state index contributed by atoms with van der Waals surface area (Å²) in [5.74, 6) is 0.258. The predicted molar refractivity (Wildman–Crippen MR) is 113 cm³/mol. The van der Waals surface area contributed by atoms with E-state index >= 15 is 0 Å². The molecule has 0 radical (unpaired) electrons. The van der Waals surface area contributed by atoms with E-state index in [4.69, 9.17) is 8.92 Å². The molecule has 31 heavy (non-hydrogen) atoms. The van der Waals surface area contributed by atoms with Gasteiger partial charge in [-0.15, -0.1) is 0 Å². The van der Waals surface area contributed by atoms with Crippen LogP contribution in [-0.2, 0) is 10.1 Å². The number of non-ortho nitro benzene ring substituents is 1. The summed E-state index contributed by atoms with van der Waals surface area (Å²) in [6.45, 7) is 2.41. The fourth-order valence-corrected chi connectivity index (χ4v) is 3.56. The largest absolute Gasteiger partial charge is 0.494 e. The molecule has 0 aromatic heterocycles. The number of carbonyl (C=O) groups is 1. The first-order valence-electron chi connectivity index (χ1n) is 9.12. The van der Waals surface area contributed by atoms with Crippen LogP contribution in [0.3, 0.4) is 0 Å². The average molecular weight is 442 g/mol. The summed E-state index contributed by atoms with van der Waals surface area (Å²) in [7, 11) is -4.28. The molecular formula is C21H18N2O7S. The molecule has 160 valence electrons. The van der Waals surface area contributed by atoms with Crippen molar-refractivity contribution in [1.29, 1.82) is 0 Å². The number of nitrogens with zero attached hydrogens (tertiary/aromatic N) is 1. The molecule has 0 saturated heterocycles. The van der Waals surface area contributed by atoms with E-state index < -0.39 is 20.9 Å². The van der Waals surface area contributed by atoms with Crippen molar-refractivity contribution in [1.82, 2.24) is 0 Å². The number of rotatable bonds is 8. The van der Waals surface area contributed by atoms with Crippen molar-refractivity contribution >= 4 is 27.4 Å². The van der Waals surface area contributed by atoms with Crippen molar-refractivity contribution in [2.24, 2.45) is 0 Å². The van der Waals surface area contributed by atoms with Crippen LogP contribution in [0.1, 0.15) is 17.3 Å². The Balaban J connectivity index is 1.68. The minimum Gasteiger partial charge on any atom is -0.494 e. The maximum atomic E-state index is 12.4. The van der Waals surface area contributed by atoms with Crippen LogP contribution in [0.2, 0.25) is 0 Å². The van der Waals surface area contributed by atoms with Crippen molar-refractivity contribution in [3.8, 4) is 11.5 Å². The number of nitrogens with one attached hydrogen (secondary N) is 1. The molecule has 1 amide bonds. The van der Waals surface area contributed by atoms with Gasteiger partial charge in [0.1, 0.15) is 16.4 Å². The van der Waals surface area contributed by atoms with E-state index in [1.807, 2.05) is 6.92 Å². The number of ether oxygens (including phenoxy) is 1. The third-order valence-corrected chi connectivity index (χ3v) is 5.31. The fraction of sp³-hybridized carbons (Fsp3) is 0.0952. The number of amides is 1. The SMILES string of the molecule is CCOc1ccc(NC(=O)c2ccc(OS(=O)(=O)c3cccc([N+](=O)[O-])c3)cc2)cc1. The Morgan fingerprint density at radius 1 is 1.00 bits per heavy atom. The highest BCUT2D eigenvalue weighted by atomic mass is 32.2. The predicted octanol–water partition coefficient (Wildman–Crippen LogP) is 4.01.